The predicted octanol–water partition coefficient (Wildman–Crippen LogP) is 1.05. The summed E-state index contributed by atoms with van der Waals surface area (Å²) in [5.41, 5.74) is 0. The predicted molar refractivity (Wildman–Crippen MR) is 25.0 cm³/mol. The van der Waals surface area contributed by atoms with E-state index in [1.54, 1.807) is 0 Å². The number of hydrogen-bond donors (Lipinski definition) is 0. The summed E-state index contributed by atoms with van der Waals surface area (Å²) in [5.74, 6) is 0. The van der Waals surface area contributed by atoms with E-state index in [-0.39, 0.29) is 6.67 Å². The van der Waals surface area contributed by atoms with Gasteiger partial charge < -0.3 is 4.99 Å². The molecule has 0 saturated carbocycles. The lowest BCUT2D eigenvalue weighted by molar-refractivity contribution is 0.478. The van der Waals surface area contributed by atoms with Gasteiger partial charge in [0.15, 0.2) is 0 Å². The van der Waals surface area contributed by atoms with Crippen LogP contribution in [-0.4, -0.2) is 19.9 Å². The fraction of sp³-hybridized carbons (Fsp3) is 0.750. The highest BCUT2D eigenvalue weighted by Crippen LogP contribution is 1.77. The van der Waals surface area contributed by atoms with E-state index in [9.17, 15) is 4.39 Å². The summed E-state index contributed by atoms with van der Waals surface area (Å²) in [5, 5.41) is 0. The number of aliphatic imine (C=N–C) groups is 1. The van der Waals surface area contributed by atoms with Crippen LogP contribution in [-0.2, 0) is 0 Å². The van der Waals surface area contributed by atoms with Gasteiger partial charge in [-0.15, -0.1) is 0 Å². The average Bonchev–Trinajstić information content (AvgIpc) is 1.61. The van der Waals surface area contributed by atoms with E-state index in [0.717, 1.165) is 0 Å². The molecule has 0 aliphatic carbocycles. The van der Waals surface area contributed by atoms with E-state index >= 15 is 0 Å². The number of alkyl halides is 1. The fourth-order valence-electron chi connectivity index (χ4n) is 0.172. The molecule has 2 heteroatoms. The van der Waals surface area contributed by atoms with Gasteiger partial charge in [-0.2, -0.15) is 0 Å². The first-order chi connectivity index (χ1) is 2.91. The zero-order valence-corrected chi connectivity index (χ0v) is 3.65. The highest BCUT2D eigenvalue weighted by Gasteiger charge is 1.75. The van der Waals surface area contributed by atoms with Gasteiger partial charge in [0.2, 0.25) is 0 Å². The van der Waals surface area contributed by atoms with Crippen molar-refractivity contribution >= 4 is 6.72 Å². The SMILES string of the molecule is C=NCCCF. The molecule has 0 saturated heterocycles. The summed E-state index contributed by atoms with van der Waals surface area (Å²) in [7, 11) is 0. The third-order valence-corrected chi connectivity index (χ3v) is 0.450. The van der Waals surface area contributed by atoms with E-state index in [0.29, 0.717) is 13.0 Å². The Morgan fingerprint density at radius 2 is 2.33 bits per heavy atom. The first kappa shape index (κ1) is 5.60. The van der Waals surface area contributed by atoms with Crippen LogP contribution in [0.15, 0.2) is 4.99 Å². The minimum atomic E-state index is -0.279. The number of hydrogen-bond acceptors (Lipinski definition) is 1. The molecule has 0 rings (SSSR count). The molecule has 0 aromatic heterocycles. The van der Waals surface area contributed by atoms with Crippen molar-refractivity contribution in [1.82, 2.24) is 0 Å². The van der Waals surface area contributed by atoms with E-state index in [4.69, 9.17) is 0 Å². The number of rotatable bonds is 3. The largest absolute Gasteiger partial charge is 0.301 e. The summed E-state index contributed by atoms with van der Waals surface area (Å²) in [6.45, 7) is 3.45. The van der Waals surface area contributed by atoms with Gasteiger partial charge in [-0.25, -0.2) is 0 Å². The van der Waals surface area contributed by atoms with Gasteiger partial charge in [0.25, 0.3) is 0 Å². The third-order valence-electron chi connectivity index (χ3n) is 0.450. The Labute approximate surface area is 36.9 Å². The van der Waals surface area contributed by atoms with Gasteiger partial charge >= 0.3 is 0 Å². The normalized spacial score (nSPS) is 8.17. The summed E-state index contributed by atoms with van der Waals surface area (Å²) < 4.78 is 11.1. The third kappa shape index (κ3) is 3.60. The molecule has 0 spiro atoms. The molecule has 0 aliphatic heterocycles. The summed E-state index contributed by atoms with van der Waals surface area (Å²) >= 11 is 0. The van der Waals surface area contributed by atoms with Crippen LogP contribution in [0, 0.1) is 0 Å². The number of nitrogens with zero attached hydrogens (tertiary/aromatic N) is 1. The second-order valence-corrected chi connectivity index (χ2v) is 0.990. The molecule has 6 heavy (non-hydrogen) atoms. The molecule has 1 nitrogen and oxygen atoms in total. The Balaban J connectivity index is 2.49. The molecule has 0 heterocycles. The standard InChI is InChI=1S/C4H8FN/c1-6-4-2-3-5/h1-4H2. The number of halogens is 1. The fourth-order valence-corrected chi connectivity index (χ4v) is 0.172. The van der Waals surface area contributed by atoms with Crippen molar-refractivity contribution in [2.24, 2.45) is 4.99 Å². The topological polar surface area (TPSA) is 12.4 Å². The Hall–Kier alpha value is -0.400. The molecule has 0 bridgehead atoms. The van der Waals surface area contributed by atoms with Gasteiger partial charge in [-0.3, -0.25) is 4.39 Å². The van der Waals surface area contributed by atoms with Crippen molar-refractivity contribution in [2.45, 2.75) is 6.42 Å². The zero-order chi connectivity index (χ0) is 4.83. The Morgan fingerprint density at radius 1 is 1.67 bits per heavy atom. The van der Waals surface area contributed by atoms with Crippen molar-refractivity contribution in [3.8, 4) is 0 Å². The zero-order valence-electron chi connectivity index (χ0n) is 3.65. The van der Waals surface area contributed by atoms with E-state index in [1.807, 2.05) is 0 Å². The Kier molecular flexibility index (Phi) is 4.29. The molecule has 0 atom stereocenters. The lowest BCUT2D eigenvalue weighted by atomic mass is 10.5. The maximum atomic E-state index is 11.1. The van der Waals surface area contributed by atoms with Crippen molar-refractivity contribution in [3.63, 3.8) is 0 Å². The Bertz CT molecular complexity index is 36.5. The van der Waals surface area contributed by atoms with Gasteiger partial charge in [0.1, 0.15) is 0 Å². The molecule has 0 amide bonds. The molecule has 36 valence electrons. The second kappa shape index (κ2) is 4.60. The van der Waals surface area contributed by atoms with Crippen LogP contribution in [0.25, 0.3) is 0 Å². The lowest BCUT2D eigenvalue weighted by Gasteiger charge is -1.80. The van der Waals surface area contributed by atoms with Gasteiger partial charge in [0.05, 0.1) is 6.67 Å². The molecule has 0 aromatic rings. The molecule has 0 unspecified atom stereocenters. The van der Waals surface area contributed by atoms with Crippen LogP contribution in [0.1, 0.15) is 6.42 Å². The maximum Gasteiger partial charge on any atom is 0.0912 e. The van der Waals surface area contributed by atoms with E-state index < -0.39 is 0 Å². The summed E-state index contributed by atoms with van der Waals surface area (Å²) in [6, 6.07) is 0. The van der Waals surface area contributed by atoms with Crippen LogP contribution in [0.2, 0.25) is 0 Å². The highest BCUT2D eigenvalue weighted by molar-refractivity contribution is 5.22. The molecule has 0 aromatic carbocycles. The van der Waals surface area contributed by atoms with Crippen LogP contribution in [0.5, 0.6) is 0 Å². The highest BCUT2D eigenvalue weighted by atomic mass is 19.1. The maximum absolute atomic E-state index is 11.1. The van der Waals surface area contributed by atoms with E-state index in [1.165, 1.54) is 0 Å². The van der Waals surface area contributed by atoms with E-state index in [2.05, 4.69) is 11.7 Å². The van der Waals surface area contributed by atoms with Crippen molar-refractivity contribution in [1.29, 1.82) is 0 Å². The molecular weight excluding hydrogens is 81.0 g/mol. The minimum absolute atomic E-state index is 0.279. The monoisotopic (exact) mass is 89.1 g/mol. The first-order valence-electron chi connectivity index (χ1n) is 1.90. The molecule has 0 radical (unpaired) electrons. The summed E-state index contributed by atoms with van der Waals surface area (Å²) in [6.07, 6.45) is 0.517. The first-order valence-corrected chi connectivity index (χ1v) is 1.90. The van der Waals surface area contributed by atoms with Gasteiger partial charge in [-0.05, 0) is 13.1 Å². The second-order valence-electron chi connectivity index (χ2n) is 0.990. The van der Waals surface area contributed by atoms with Gasteiger partial charge in [0, 0.05) is 6.54 Å². The van der Waals surface area contributed by atoms with Crippen LogP contribution in [0.3, 0.4) is 0 Å². The van der Waals surface area contributed by atoms with Crippen LogP contribution >= 0.6 is 0 Å². The minimum Gasteiger partial charge on any atom is -0.301 e. The average molecular weight is 89.1 g/mol. The smallest absolute Gasteiger partial charge is 0.0912 e. The molecule has 0 N–H and O–H groups in total. The van der Waals surface area contributed by atoms with Crippen LogP contribution < -0.4 is 0 Å². The van der Waals surface area contributed by atoms with Gasteiger partial charge in [-0.1, -0.05) is 0 Å². The molecule has 0 fully saturated rings. The Morgan fingerprint density at radius 3 is 2.50 bits per heavy atom. The molecule has 0 aliphatic rings. The van der Waals surface area contributed by atoms with Crippen molar-refractivity contribution in [3.05, 3.63) is 0 Å². The lowest BCUT2D eigenvalue weighted by Crippen LogP contribution is -1.78. The molecular formula is C4H8FN. The quantitative estimate of drug-likeness (QED) is 0.362. The summed E-state index contributed by atoms with van der Waals surface area (Å²) in [4.78, 5) is 3.44. The van der Waals surface area contributed by atoms with Crippen molar-refractivity contribution in [2.75, 3.05) is 13.2 Å². The van der Waals surface area contributed by atoms with Crippen LogP contribution in [0.4, 0.5) is 4.39 Å². The van der Waals surface area contributed by atoms with Crippen molar-refractivity contribution < 1.29 is 4.39 Å².